The summed E-state index contributed by atoms with van der Waals surface area (Å²) in [6.07, 6.45) is 0. The highest BCUT2D eigenvalue weighted by atomic mass is 35.5. The molecule has 0 unspecified atom stereocenters. The van der Waals surface area contributed by atoms with Crippen molar-refractivity contribution in [1.29, 1.82) is 0 Å². The number of urea groups is 1. The van der Waals surface area contributed by atoms with E-state index < -0.39 is 5.97 Å². The van der Waals surface area contributed by atoms with Crippen molar-refractivity contribution in [3.8, 4) is 0 Å². The molecule has 0 atom stereocenters. The molecule has 5 aromatic rings. The Hall–Kier alpha value is -4.53. The molecule has 5 rings (SSSR count). The number of pyridine rings is 1. The summed E-state index contributed by atoms with van der Waals surface area (Å²) in [5, 5.41) is 20.6. The average molecular weight is 603 g/mol. The number of aromatic carboxylic acids is 1. The number of nitrogens with zero attached hydrogens (tertiary/aromatic N) is 2. The molecule has 0 saturated heterocycles. The van der Waals surface area contributed by atoms with Gasteiger partial charge in [-0.25, -0.2) is 14.6 Å². The quantitative estimate of drug-likeness (QED) is 0.0952. The number of aryl methyl sites for hydroxylation is 1. The SMILES string of the molecule is Cc1ccc(NC(=O)Nc2ccc(N(CCCl)CCCl)cc2)cc1Nc1c2ccccc2nc2c(C(=O)O)cccc12. The van der Waals surface area contributed by atoms with Crippen molar-refractivity contribution in [2.24, 2.45) is 0 Å². The smallest absolute Gasteiger partial charge is 0.337 e. The predicted molar refractivity (Wildman–Crippen MR) is 173 cm³/mol. The number of para-hydroxylation sites is 2. The molecule has 0 bridgehead atoms. The average Bonchev–Trinajstić information content (AvgIpc) is 2.98. The second-order valence-corrected chi connectivity index (χ2v) is 10.4. The van der Waals surface area contributed by atoms with E-state index in [2.05, 4.69) is 25.8 Å². The Morgan fingerprint density at radius 3 is 2.21 bits per heavy atom. The lowest BCUT2D eigenvalue weighted by Gasteiger charge is -2.23. The Kier molecular flexibility index (Phi) is 8.95. The number of carboxylic acid groups (broad SMARTS) is 1. The standard InChI is InChI=1S/C32H29Cl2N5O3/c1-20-9-10-22(36-32(42)35-21-11-13-23(14-12-21)39(17-15-33)18-16-34)19-28(20)38-29-24-5-2-3-8-27(24)37-30-25(29)6-4-7-26(30)31(40)41/h2-14,19H,15-18H2,1H3,(H,37,38)(H,40,41)(H2,35,36,42). The molecule has 2 amide bonds. The number of hydrogen-bond acceptors (Lipinski definition) is 5. The van der Waals surface area contributed by atoms with Gasteiger partial charge in [-0.05, 0) is 61.0 Å². The van der Waals surface area contributed by atoms with Crippen LogP contribution < -0.4 is 20.9 Å². The molecule has 4 aromatic carbocycles. The number of nitrogens with one attached hydrogen (secondary N) is 3. The van der Waals surface area contributed by atoms with Crippen LogP contribution in [0, 0.1) is 6.92 Å². The minimum Gasteiger partial charge on any atom is -0.478 e. The molecule has 4 N–H and O–H groups in total. The summed E-state index contributed by atoms with van der Waals surface area (Å²) in [6, 6.07) is 25.4. The second-order valence-electron chi connectivity index (χ2n) is 9.66. The van der Waals surface area contributed by atoms with Gasteiger partial charge in [0.25, 0.3) is 0 Å². The Morgan fingerprint density at radius 1 is 0.833 bits per heavy atom. The molecule has 1 heterocycles. The number of rotatable bonds is 10. The van der Waals surface area contributed by atoms with Gasteiger partial charge < -0.3 is 26.0 Å². The second kappa shape index (κ2) is 13.0. The summed E-state index contributed by atoms with van der Waals surface area (Å²) in [4.78, 5) is 31.5. The lowest BCUT2D eigenvalue weighted by molar-refractivity contribution is 0.0699. The van der Waals surface area contributed by atoms with E-state index >= 15 is 0 Å². The fraction of sp³-hybridized carbons (Fsp3) is 0.156. The minimum atomic E-state index is -1.04. The van der Waals surface area contributed by atoms with Gasteiger partial charge in [0.2, 0.25) is 0 Å². The molecule has 0 aliphatic heterocycles. The number of hydrogen-bond donors (Lipinski definition) is 4. The maximum Gasteiger partial charge on any atom is 0.337 e. The van der Waals surface area contributed by atoms with E-state index in [4.69, 9.17) is 23.2 Å². The van der Waals surface area contributed by atoms with Crippen molar-refractivity contribution in [3.05, 3.63) is 96.1 Å². The number of aromatic nitrogens is 1. The number of anilines is 5. The topological polar surface area (TPSA) is 107 Å². The van der Waals surface area contributed by atoms with Crippen molar-refractivity contribution in [2.45, 2.75) is 6.92 Å². The Balaban J connectivity index is 1.39. The molecule has 0 aliphatic carbocycles. The van der Waals surface area contributed by atoms with E-state index in [-0.39, 0.29) is 11.6 Å². The van der Waals surface area contributed by atoms with Crippen LogP contribution in [0.15, 0.2) is 84.9 Å². The van der Waals surface area contributed by atoms with Crippen LogP contribution in [0.4, 0.5) is 33.2 Å². The summed E-state index contributed by atoms with van der Waals surface area (Å²) in [5.74, 6) is -0.0620. The number of alkyl halides is 2. The molecule has 0 spiro atoms. The number of benzene rings is 4. The molecule has 8 nitrogen and oxygen atoms in total. The van der Waals surface area contributed by atoms with E-state index in [9.17, 15) is 14.7 Å². The Morgan fingerprint density at radius 2 is 1.50 bits per heavy atom. The molecule has 0 radical (unpaired) electrons. The van der Waals surface area contributed by atoms with Gasteiger partial charge in [-0.15, -0.1) is 23.2 Å². The van der Waals surface area contributed by atoms with Crippen molar-refractivity contribution >= 4 is 85.4 Å². The normalized spacial score (nSPS) is 10.9. The monoisotopic (exact) mass is 601 g/mol. The van der Waals surface area contributed by atoms with E-state index in [0.717, 1.165) is 28.0 Å². The van der Waals surface area contributed by atoms with Gasteiger partial charge in [-0.3, -0.25) is 0 Å². The van der Waals surface area contributed by atoms with Crippen molar-refractivity contribution < 1.29 is 14.7 Å². The first-order valence-electron chi connectivity index (χ1n) is 13.4. The largest absolute Gasteiger partial charge is 0.478 e. The summed E-state index contributed by atoms with van der Waals surface area (Å²) in [6.45, 7) is 3.31. The van der Waals surface area contributed by atoms with Crippen LogP contribution in [0.1, 0.15) is 15.9 Å². The number of carbonyl (C=O) groups excluding carboxylic acids is 1. The summed E-state index contributed by atoms with van der Waals surface area (Å²) < 4.78 is 0. The lowest BCUT2D eigenvalue weighted by atomic mass is 10.0. The maximum absolute atomic E-state index is 12.9. The first kappa shape index (κ1) is 29.0. The number of carboxylic acids is 1. The molecule has 42 heavy (non-hydrogen) atoms. The van der Waals surface area contributed by atoms with Gasteiger partial charge in [0.05, 0.1) is 22.3 Å². The zero-order valence-electron chi connectivity index (χ0n) is 22.8. The highest BCUT2D eigenvalue weighted by molar-refractivity contribution is 6.18. The van der Waals surface area contributed by atoms with Gasteiger partial charge in [0.15, 0.2) is 0 Å². The van der Waals surface area contributed by atoms with E-state index in [1.54, 1.807) is 12.1 Å². The van der Waals surface area contributed by atoms with Crippen molar-refractivity contribution in [2.75, 3.05) is 45.7 Å². The maximum atomic E-state index is 12.9. The van der Waals surface area contributed by atoms with Gasteiger partial charge in [-0.2, -0.15) is 0 Å². The number of halogens is 2. The molecule has 214 valence electrons. The third-order valence-electron chi connectivity index (χ3n) is 6.90. The van der Waals surface area contributed by atoms with E-state index in [1.807, 2.05) is 79.7 Å². The molecule has 10 heteroatoms. The Labute approximate surface area is 253 Å². The van der Waals surface area contributed by atoms with Crippen LogP contribution in [-0.4, -0.2) is 46.9 Å². The van der Waals surface area contributed by atoms with E-state index in [1.165, 1.54) is 0 Å². The minimum absolute atomic E-state index is 0.129. The van der Waals surface area contributed by atoms with Crippen LogP contribution in [0.2, 0.25) is 0 Å². The van der Waals surface area contributed by atoms with E-state index in [0.29, 0.717) is 52.6 Å². The van der Waals surface area contributed by atoms with Crippen molar-refractivity contribution in [1.82, 2.24) is 4.98 Å². The lowest BCUT2D eigenvalue weighted by Crippen LogP contribution is -2.27. The molecule has 0 saturated carbocycles. The van der Waals surface area contributed by atoms with Gasteiger partial charge >= 0.3 is 12.0 Å². The number of carbonyl (C=O) groups is 2. The fourth-order valence-electron chi connectivity index (χ4n) is 4.81. The van der Waals surface area contributed by atoms with Crippen LogP contribution >= 0.6 is 23.2 Å². The summed E-state index contributed by atoms with van der Waals surface area (Å²) in [7, 11) is 0. The van der Waals surface area contributed by atoms with Gasteiger partial charge in [-0.1, -0.05) is 36.4 Å². The first-order chi connectivity index (χ1) is 20.4. The summed E-state index contributed by atoms with van der Waals surface area (Å²) in [5.41, 5.74) is 5.84. The van der Waals surface area contributed by atoms with Crippen LogP contribution in [0.3, 0.4) is 0 Å². The van der Waals surface area contributed by atoms with Crippen molar-refractivity contribution in [3.63, 3.8) is 0 Å². The molecular weight excluding hydrogens is 573 g/mol. The van der Waals surface area contributed by atoms with Crippen LogP contribution in [0.5, 0.6) is 0 Å². The molecule has 0 aliphatic rings. The molecule has 0 fully saturated rings. The third kappa shape index (κ3) is 6.35. The zero-order chi connectivity index (χ0) is 29.6. The number of amides is 2. The van der Waals surface area contributed by atoms with Gasteiger partial charge in [0.1, 0.15) is 0 Å². The fourth-order valence-corrected chi connectivity index (χ4v) is 5.22. The molecule has 1 aromatic heterocycles. The Bertz CT molecular complexity index is 1760. The number of fused-ring (bicyclic) bond motifs is 2. The first-order valence-corrected chi connectivity index (χ1v) is 14.4. The highest BCUT2D eigenvalue weighted by Gasteiger charge is 2.16. The van der Waals surface area contributed by atoms with Crippen LogP contribution in [-0.2, 0) is 0 Å². The van der Waals surface area contributed by atoms with Crippen LogP contribution in [0.25, 0.3) is 21.8 Å². The third-order valence-corrected chi connectivity index (χ3v) is 7.23. The molecular formula is C32H29Cl2N5O3. The summed E-state index contributed by atoms with van der Waals surface area (Å²) >= 11 is 11.8. The van der Waals surface area contributed by atoms with Gasteiger partial charge in [0, 0.05) is 58.4 Å². The highest BCUT2D eigenvalue weighted by Crippen LogP contribution is 2.36. The zero-order valence-corrected chi connectivity index (χ0v) is 24.3. The predicted octanol–water partition coefficient (Wildman–Crippen LogP) is 8.07.